The van der Waals surface area contributed by atoms with Crippen LogP contribution in [-0.2, 0) is 19.1 Å². The number of carbonyl (C=O) groups is 2. The maximum Gasteiger partial charge on any atom is 0.322 e. The zero-order valence-corrected chi connectivity index (χ0v) is 9.70. The molecule has 88 valence electrons. The Bertz CT molecular complexity index is 232. The maximum absolute atomic E-state index is 11.2. The third kappa shape index (κ3) is 6.90. The average molecular weight is 217 g/mol. The number of rotatable bonds is 4. The fourth-order valence-corrected chi connectivity index (χ4v) is 0.935. The number of hydrogen-bond acceptors (Lipinski definition) is 5. The molecular formula is C10H19NO4. The molecule has 0 aromatic carbocycles. The molecule has 1 atom stereocenters. The molecule has 5 heteroatoms. The van der Waals surface area contributed by atoms with Gasteiger partial charge in [0, 0.05) is 6.42 Å². The van der Waals surface area contributed by atoms with Crippen molar-refractivity contribution in [3.63, 3.8) is 0 Å². The van der Waals surface area contributed by atoms with Crippen LogP contribution in [0.1, 0.15) is 33.6 Å². The van der Waals surface area contributed by atoms with E-state index >= 15 is 0 Å². The van der Waals surface area contributed by atoms with Crippen LogP contribution < -0.4 is 5.73 Å². The van der Waals surface area contributed by atoms with Gasteiger partial charge in [0.05, 0.1) is 7.11 Å². The molecule has 0 aliphatic rings. The van der Waals surface area contributed by atoms with Gasteiger partial charge in [-0.25, -0.2) is 0 Å². The van der Waals surface area contributed by atoms with Crippen LogP contribution in [0.5, 0.6) is 0 Å². The minimum Gasteiger partial charge on any atom is -0.468 e. The smallest absolute Gasteiger partial charge is 0.322 e. The van der Waals surface area contributed by atoms with Gasteiger partial charge in [-0.2, -0.15) is 0 Å². The van der Waals surface area contributed by atoms with E-state index in [0.29, 0.717) is 0 Å². The predicted octanol–water partition coefficient (Wildman–Crippen LogP) is 0.609. The molecule has 0 fully saturated rings. The second kappa shape index (κ2) is 5.70. The van der Waals surface area contributed by atoms with Crippen molar-refractivity contribution >= 4 is 11.9 Å². The minimum atomic E-state index is -0.762. The predicted molar refractivity (Wildman–Crippen MR) is 55.1 cm³/mol. The number of nitrogens with two attached hydrogens (primary N) is 1. The van der Waals surface area contributed by atoms with Crippen LogP contribution in [0.25, 0.3) is 0 Å². The molecule has 0 aliphatic heterocycles. The van der Waals surface area contributed by atoms with Crippen LogP contribution in [0.15, 0.2) is 0 Å². The van der Waals surface area contributed by atoms with Gasteiger partial charge in [-0.05, 0) is 27.2 Å². The van der Waals surface area contributed by atoms with Crippen molar-refractivity contribution in [2.24, 2.45) is 5.73 Å². The highest BCUT2D eigenvalue weighted by Crippen LogP contribution is 2.09. The average Bonchev–Trinajstić information content (AvgIpc) is 2.10. The van der Waals surface area contributed by atoms with E-state index in [1.165, 1.54) is 7.11 Å². The lowest BCUT2D eigenvalue weighted by Crippen LogP contribution is -2.33. The van der Waals surface area contributed by atoms with Crippen molar-refractivity contribution in [3.8, 4) is 0 Å². The second-order valence-electron chi connectivity index (χ2n) is 4.25. The molecule has 0 amide bonds. The first-order valence-electron chi connectivity index (χ1n) is 4.81. The lowest BCUT2D eigenvalue weighted by molar-refractivity contribution is -0.155. The molecule has 0 saturated heterocycles. The van der Waals surface area contributed by atoms with Crippen molar-refractivity contribution in [1.29, 1.82) is 0 Å². The van der Waals surface area contributed by atoms with Crippen LogP contribution >= 0.6 is 0 Å². The third-order valence-electron chi connectivity index (χ3n) is 1.58. The van der Waals surface area contributed by atoms with Crippen LogP contribution in [0.4, 0.5) is 0 Å². The van der Waals surface area contributed by atoms with E-state index in [9.17, 15) is 9.59 Å². The Balaban J connectivity index is 3.86. The molecule has 0 rings (SSSR count). The van der Waals surface area contributed by atoms with E-state index in [0.717, 1.165) is 0 Å². The zero-order chi connectivity index (χ0) is 12.1. The zero-order valence-electron chi connectivity index (χ0n) is 9.70. The Labute approximate surface area is 89.9 Å². The van der Waals surface area contributed by atoms with Gasteiger partial charge >= 0.3 is 11.9 Å². The number of ether oxygens (including phenoxy) is 2. The first-order chi connectivity index (χ1) is 6.76. The Hall–Kier alpha value is -1.10. The van der Waals surface area contributed by atoms with E-state index in [-0.39, 0.29) is 18.8 Å². The lowest BCUT2D eigenvalue weighted by Gasteiger charge is -2.19. The quantitative estimate of drug-likeness (QED) is 0.698. The summed E-state index contributed by atoms with van der Waals surface area (Å²) in [6.07, 6.45) is 0.356. The first-order valence-corrected chi connectivity index (χ1v) is 4.81. The highest BCUT2D eigenvalue weighted by molar-refractivity contribution is 5.77. The Morgan fingerprint density at radius 1 is 1.33 bits per heavy atom. The molecular weight excluding hydrogens is 198 g/mol. The molecule has 0 spiro atoms. The molecule has 0 radical (unpaired) electrons. The van der Waals surface area contributed by atoms with Gasteiger partial charge in [-0.15, -0.1) is 0 Å². The van der Waals surface area contributed by atoms with E-state index in [1.807, 2.05) is 0 Å². The van der Waals surface area contributed by atoms with Crippen molar-refractivity contribution in [2.75, 3.05) is 7.11 Å². The van der Waals surface area contributed by atoms with Gasteiger partial charge in [0.2, 0.25) is 0 Å². The van der Waals surface area contributed by atoms with Crippen molar-refractivity contribution in [3.05, 3.63) is 0 Å². The summed E-state index contributed by atoms with van der Waals surface area (Å²) in [6, 6.07) is -0.762. The molecule has 0 aromatic heterocycles. The molecule has 0 unspecified atom stereocenters. The van der Waals surface area contributed by atoms with Gasteiger partial charge in [-0.1, -0.05) is 0 Å². The van der Waals surface area contributed by atoms with E-state index in [1.54, 1.807) is 20.8 Å². The molecule has 0 heterocycles. The lowest BCUT2D eigenvalue weighted by atomic mass is 10.1. The molecule has 0 aliphatic carbocycles. The fraction of sp³-hybridized carbons (Fsp3) is 0.800. The van der Waals surface area contributed by atoms with Crippen molar-refractivity contribution < 1.29 is 19.1 Å². The summed E-state index contributed by atoms with van der Waals surface area (Å²) in [6.45, 7) is 5.35. The maximum atomic E-state index is 11.2. The largest absolute Gasteiger partial charge is 0.468 e. The molecule has 15 heavy (non-hydrogen) atoms. The molecule has 0 saturated carbocycles. The van der Waals surface area contributed by atoms with Crippen LogP contribution in [0, 0.1) is 0 Å². The number of esters is 2. The number of carbonyl (C=O) groups excluding carboxylic acids is 2. The number of methoxy groups -OCH3 is 1. The van der Waals surface area contributed by atoms with Gasteiger partial charge in [-0.3, -0.25) is 9.59 Å². The summed E-state index contributed by atoms with van der Waals surface area (Å²) >= 11 is 0. The number of hydrogen-bond donors (Lipinski definition) is 1. The summed E-state index contributed by atoms with van der Waals surface area (Å²) in [5, 5.41) is 0. The highest BCUT2D eigenvalue weighted by Gasteiger charge is 2.19. The minimum absolute atomic E-state index is 0.119. The van der Waals surface area contributed by atoms with Gasteiger partial charge in [0.15, 0.2) is 0 Å². The Kier molecular flexibility index (Phi) is 5.28. The van der Waals surface area contributed by atoms with Crippen LogP contribution in [-0.4, -0.2) is 30.7 Å². The Morgan fingerprint density at radius 3 is 2.27 bits per heavy atom. The van der Waals surface area contributed by atoms with E-state index in [2.05, 4.69) is 4.74 Å². The van der Waals surface area contributed by atoms with Crippen LogP contribution in [0.3, 0.4) is 0 Å². The third-order valence-corrected chi connectivity index (χ3v) is 1.58. The summed E-state index contributed by atoms with van der Waals surface area (Å²) in [5.74, 6) is -0.875. The monoisotopic (exact) mass is 217 g/mol. The first kappa shape index (κ1) is 13.9. The molecule has 0 bridgehead atoms. The topological polar surface area (TPSA) is 78.6 Å². The van der Waals surface area contributed by atoms with Crippen molar-refractivity contribution in [2.45, 2.75) is 45.3 Å². The summed E-state index contributed by atoms with van der Waals surface area (Å²) in [4.78, 5) is 22.2. The molecule has 5 nitrogen and oxygen atoms in total. The van der Waals surface area contributed by atoms with Crippen molar-refractivity contribution in [1.82, 2.24) is 0 Å². The Morgan fingerprint density at radius 2 is 1.87 bits per heavy atom. The van der Waals surface area contributed by atoms with Gasteiger partial charge in [0.25, 0.3) is 0 Å². The van der Waals surface area contributed by atoms with Gasteiger partial charge in [0.1, 0.15) is 11.6 Å². The second-order valence-corrected chi connectivity index (χ2v) is 4.25. The molecule has 2 N–H and O–H groups in total. The summed E-state index contributed by atoms with van der Waals surface area (Å²) in [7, 11) is 1.26. The standard InChI is InChI=1S/C10H19NO4/c1-10(2,3)15-8(12)6-5-7(11)9(13)14-4/h7H,5-6,11H2,1-4H3/t7-/m1/s1. The van der Waals surface area contributed by atoms with E-state index in [4.69, 9.17) is 10.5 Å². The fourth-order valence-electron chi connectivity index (χ4n) is 0.935. The van der Waals surface area contributed by atoms with E-state index < -0.39 is 17.6 Å². The van der Waals surface area contributed by atoms with Crippen LogP contribution in [0.2, 0.25) is 0 Å². The summed E-state index contributed by atoms with van der Waals surface area (Å²) in [5.41, 5.74) is 4.95. The van der Waals surface area contributed by atoms with Gasteiger partial charge < -0.3 is 15.2 Å². The summed E-state index contributed by atoms with van der Waals surface area (Å²) < 4.78 is 9.48. The highest BCUT2D eigenvalue weighted by atomic mass is 16.6. The molecule has 0 aromatic rings. The SMILES string of the molecule is COC(=O)[C@H](N)CCC(=O)OC(C)(C)C. The normalized spacial score (nSPS) is 13.1.